The summed E-state index contributed by atoms with van der Waals surface area (Å²) in [6.07, 6.45) is 0. The van der Waals surface area contributed by atoms with E-state index in [2.05, 4.69) is 5.32 Å². The number of esters is 1. The highest BCUT2D eigenvalue weighted by atomic mass is 32.2. The van der Waals surface area contributed by atoms with Gasteiger partial charge in [-0.25, -0.2) is 13.2 Å². The maximum atomic E-state index is 13.1. The summed E-state index contributed by atoms with van der Waals surface area (Å²) in [6.45, 7) is 1.15. The summed E-state index contributed by atoms with van der Waals surface area (Å²) in [6, 6.07) is 19.4. The number of hydrogen-bond acceptors (Lipinski definition) is 7. The molecule has 34 heavy (non-hydrogen) atoms. The van der Waals surface area contributed by atoms with E-state index in [0.717, 1.165) is 0 Å². The average Bonchev–Trinajstić information content (AvgIpc) is 2.84. The van der Waals surface area contributed by atoms with E-state index in [1.54, 1.807) is 37.3 Å². The van der Waals surface area contributed by atoms with Crippen LogP contribution in [0.1, 0.15) is 17.3 Å². The van der Waals surface area contributed by atoms with Gasteiger partial charge < -0.3 is 10.1 Å². The lowest BCUT2D eigenvalue weighted by Crippen LogP contribution is -2.30. The van der Waals surface area contributed by atoms with Crippen LogP contribution < -0.4 is 9.62 Å². The third kappa shape index (κ3) is 5.56. The normalized spacial score (nSPS) is 10.9. The topological polar surface area (TPSA) is 136 Å². The van der Waals surface area contributed by atoms with E-state index in [9.17, 15) is 28.1 Å². The Labute approximate surface area is 196 Å². The summed E-state index contributed by atoms with van der Waals surface area (Å²) < 4.78 is 32.5. The molecule has 0 radical (unpaired) electrons. The number of nitrogens with zero attached hydrogens (tertiary/aromatic N) is 2. The average molecular weight is 484 g/mol. The Balaban J connectivity index is 1.71. The van der Waals surface area contributed by atoms with Gasteiger partial charge in [0, 0.05) is 12.6 Å². The van der Waals surface area contributed by atoms with Crippen LogP contribution in [0, 0.1) is 10.1 Å². The molecule has 3 aromatic carbocycles. The van der Waals surface area contributed by atoms with Crippen LogP contribution in [0.2, 0.25) is 0 Å². The molecular formula is C23H21N3O7S. The van der Waals surface area contributed by atoms with Crippen molar-refractivity contribution < 1.29 is 27.7 Å². The first-order chi connectivity index (χ1) is 16.2. The molecule has 0 atom stereocenters. The minimum absolute atomic E-state index is 0.0396. The second-order valence-corrected chi connectivity index (χ2v) is 8.79. The Bertz CT molecular complexity index is 1310. The van der Waals surface area contributed by atoms with E-state index in [-0.39, 0.29) is 28.4 Å². The van der Waals surface area contributed by atoms with Crippen molar-refractivity contribution in [2.24, 2.45) is 0 Å². The number of benzene rings is 3. The van der Waals surface area contributed by atoms with Crippen LogP contribution in [0.4, 0.5) is 17.1 Å². The van der Waals surface area contributed by atoms with Crippen LogP contribution in [0.25, 0.3) is 0 Å². The zero-order valence-electron chi connectivity index (χ0n) is 18.1. The number of para-hydroxylation sites is 3. The van der Waals surface area contributed by atoms with Gasteiger partial charge in [-0.1, -0.05) is 36.4 Å². The molecule has 0 heterocycles. The molecule has 0 aliphatic carbocycles. The second kappa shape index (κ2) is 10.6. The predicted molar refractivity (Wildman–Crippen MR) is 125 cm³/mol. The summed E-state index contributed by atoms with van der Waals surface area (Å²) in [5.74, 6) is -1.70. The number of nitrogens with one attached hydrogen (secondary N) is 1. The van der Waals surface area contributed by atoms with Crippen molar-refractivity contribution in [2.75, 3.05) is 22.8 Å². The van der Waals surface area contributed by atoms with Gasteiger partial charge in [0.1, 0.15) is 5.69 Å². The molecule has 0 saturated carbocycles. The smallest absolute Gasteiger partial charge is 0.338 e. The molecule has 11 heteroatoms. The van der Waals surface area contributed by atoms with E-state index in [1.807, 2.05) is 0 Å². The molecule has 10 nitrogen and oxygen atoms in total. The van der Waals surface area contributed by atoms with Crippen molar-refractivity contribution in [1.82, 2.24) is 0 Å². The molecule has 1 amide bonds. The highest BCUT2D eigenvalue weighted by Crippen LogP contribution is 2.25. The van der Waals surface area contributed by atoms with Gasteiger partial charge in [-0.2, -0.15) is 0 Å². The highest BCUT2D eigenvalue weighted by Gasteiger charge is 2.25. The summed E-state index contributed by atoms with van der Waals surface area (Å²) in [5, 5.41) is 13.4. The van der Waals surface area contributed by atoms with E-state index < -0.39 is 33.4 Å². The van der Waals surface area contributed by atoms with Gasteiger partial charge in [-0.05, 0) is 43.3 Å². The number of rotatable bonds is 9. The number of nitro benzene ring substituents is 1. The minimum atomic E-state index is -3.96. The molecule has 1 N–H and O–H groups in total. The summed E-state index contributed by atoms with van der Waals surface area (Å²) in [5.41, 5.74) is 0.0644. The number of ether oxygens (including phenoxy) is 1. The first-order valence-corrected chi connectivity index (χ1v) is 11.6. The molecular weight excluding hydrogens is 462 g/mol. The largest absolute Gasteiger partial charge is 0.452 e. The number of hydrogen-bond donors (Lipinski definition) is 1. The van der Waals surface area contributed by atoms with E-state index in [1.165, 1.54) is 52.8 Å². The fourth-order valence-corrected chi connectivity index (χ4v) is 4.66. The lowest BCUT2D eigenvalue weighted by molar-refractivity contribution is -0.383. The number of sulfonamides is 1. The molecule has 176 valence electrons. The molecule has 0 aliphatic heterocycles. The van der Waals surface area contributed by atoms with E-state index >= 15 is 0 Å². The van der Waals surface area contributed by atoms with Crippen molar-refractivity contribution in [3.63, 3.8) is 0 Å². The molecule has 0 aliphatic rings. The van der Waals surface area contributed by atoms with Gasteiger partial charge in [0.15, 0.2) is 6.61 Å². The first-order valence-electron chi connectivity index (χ1n) is 10.1. The molecule has 0 bridgehead atoms. The molecule has 0 fully saturated rings. The summed E-state index contributed by atoms with van der Waals surface area (Å²) in [7, 11) is -3.96. The Morgan fingerprint density at radius 3 is 2.35 bits per heavy atom. The second-order valence-electron chi connectivity index (χ2n) is 6.93. The maximum absolute atomic E-state index is 13.1. The third-order valence-electron chi connectivity index (χ3n) is 4.70. The Morgan fingerprint density at radius 2 is 1.68 bits per heavy atom. The minimum Gasteiger partial charge on any atom is -0.452 e. The monoisotopic (exact) mass is 483 g/mol. The van der Waals surface area contributed by atoms with Gasteiger partial charge in [-0.15, -0.1) is 0 Å². The van der Waals surface area contributed by atoms with Crippen LogP contribution in [-0.4, -0.2) is 38.4 Å². The summed E-state index contributed by atoms with van der Waals surface area (Å²) in [4.78, 5) is 34.8. The van der Waals surface area contributed by atoms with Crippen molar-refractivity contribution in [3.8, 4) is 0 Å². The van der Waals surface area contributed by atoms with Crippen LogP contribution >= 0.6 is 0 Å². The van der Waals surface area contributed by atoms with Gasteiger partial charge in [0.25, 0.3) is 21.6 Å². The van der Waals surface area contributed by atoms with Crippen molar-refractivity contribution in [1.29, 1.82) is 0 Å². The van der Waals surface area contributed by atoms with E-state index in [4.69, 9.17) is 4.74 Å². The molecule has 3 aromatic rings. The number of carbonyl (C=O) groups excluding carboxylic acids is 2. The molecule has 3 rings (SSSR count). The highest BCUT2D eigenvalue weighted by molar-refractivity contribution is 7.92. The first kappa shape index (κ1) is 24.4. The van der Waals surface area contributed by atoms with Crippen molar-refractivity contribution in [2.45, 2.75) is 11.8 Å². The fraction of sp³-hybridized carbons (Fsp3) is 0.130. The molecule has 0 saturated heterocycles. The Kier molecular flexibility index (Phi) is 7.59. The Hall–Kier alpha value is -4.25. The number of anilines is 2. The van der Waals surface area contributed by atoms with Crippen molar-refractivity contribution >= 4 is 39.0 Å². The quantitative estimate of drug-likeness (QED) is 0.279. The molecule has 0 unspecified atom stereocenters. The van der Waals surface area contributed by atoms with Gasteiger partial charge in [-0.3, -0.25) is 19.2 Å². The number of amides is 1. The van der Waals surface area contributed by atoms with Crippen LogP contribution in [0.5, 0.6) is 0 Å². The standard InChI is InChI=1S/C23H21N3O7S/c1-2-25(18-10-4-3-5-11-18)34(31,32)19-12-8-9-17(15-19)23(28)33-16-22(27)24-20-13-6-7-14-21(20)26(29)30/h3-15H,2,16H2,1H3,(H,24,27). The molecule has 0 spiro atoms. The van der Waals surface area contributed by atoms with E-state index in [0.29, 0.717) is 5.69 Å². The zero-order chi connectivity index (χ0) is 24.7. The van der Waals surface area contributed by atoms with Gasteiger partial charge in [0.05, 0.1) is 21.1 Å². The lowest BCUT2D eigenvalue weighted by atomic mass is 10.2. The maximum Gasteiger partial charge on any atom is 0.338 e. The lowest BCUT2D eigenvalue weighted by Gasteiger charge is -2.23. The van der Waals surface area contributed by atoms with Crippen LogP contribution in [0.3, 0.4) is 0 Å². The zero-order valence-corrected chi connectivity index (χ0v) is 18.9. The third-order valence-corrected chi connectivity index (χ3v) is 6.60. The van der Waals surface area contributed by atoms with Gasteiger partial charge >= 0.3 is 5.97 Å². The van der Waals surface area contributed by atoms with Crippen LogP contribution in [0.15, 0.2) is 83.8 Å². The van der Waals surface area contributed by atoms with Crippen molar-refractivity contribution in [3.05, 3.63) is 94.5 Å². The summed E-state index contributed by atoms with van der Waals surface area (Å²) >= 11 is 0. The molecule has 0 aromatic heterocycles. The SMILES string of the molecule is CCN(c1ccccc1)S(=O)(=O)c1cccc(C(=O)OCC(=O)Nc2ccccc2[N+](=O)[O-])c1. The number of nitro groups is 1. The Morgan fingerprint density at radius 1 is 1.00 bits per heavy atom. The fourth-order valence-electron chi connectivity index (χ4n) is 3.14. The predicted octanol–water partition coefficient (Wildman–Crippen LogP) is 3.61. The van der Waals surface area contributed by atoms with Crippen LogP contribution in [-0.2, 0) is 19.6 Å². The van der Waals surface area contributed by atoms with Gasteiger partial charge in [0.2, 0.25) is 0 Å². The number of carbonyl (C=O) groups is 2.